The molecule has 1 aliphatic heterocycles. The van der Waals surface area contributed by atoms with Gasteiger partial charge in [0.25, 0.3) is 5.91 Å². The molecule has 3 fully saturated rings. The predicted octanol–water partition coefficient (Wildman–Crippen LogP) is 5.63. The Morgan fingerprint density at radius 1 is 0.824 bits per heavy atom. The molecule has 0 aromatic heterocycles. The molecule has 5 nitrogen and oxygen atoms in total. The molecule has 170 valence electrons. The van der Waals surface area contributed by atoms with Crippen molar-refractivity contribution in [2.45, 2.75) is 18.8 Å². The summed E-state index contributed by atoms with van der Waals surface area (Å²) in [4.78, 5) is 40.8. The number of imide groups is 1. The number of nitrogens with zero attached hydrogens (tertiary/aromatic N) is 1. The van der Waals surface area contributed by atoms with E-state index in [1.165, 1.54) is 10.5 Å². The van der Waals surface area contributed by atoms with E-state index in [4.69, 9.17) is 0 Å². The molecule has 0 spiro atoms. The number of hydrogen-bond acceptors (Lipinski definition) is 3. The van der Waals surface area contributed by atoms with Gasteiger partial charge in [0.2, 0.25) is 11.8 Å². The van der Waals surface area contributed by atoms with Crippen LogP contribution in [0.1, 0.15) is 34.7 Å². The van der Waals surface area contributed by atoms with Crippen LogP contribution in [0.3, 0.4) is 0 Å². The van der Waals surface area contributed by atoms with E-state index in [1.807, 2.05) is 42.5 Å². The number of hydrogen-bond donors (Lipinski definition) is 1. The van der Waals surface area contributed by atoms with Gasteiger partial charge >= 0.3 is 0 Å². The summed E-state index contributed by atoms with van der Waals surface area (Å²) in [6, 6.07) is 24.4. The van der Waals surface area contributed by atoms with Gasteiger partial charge in [-0.25, -0.2) is 0 Å². The van der Waals surface area contributed by atoms with Gasteiger partial charge in [-0.15, -0.1) is 0 Å². The smallest absolute Gasteiger partial charge is 0.255 e. The van der Waals surface area contributed by atoms with Gasteiger partial charge in [-0.05, 0) is 84.7 Å². The monoisotopic (exact) mass is 514 g/mol. The molecule has 0 unspecified atom stereocenters. The third kappa shape index (κ3) is 3.40. The van der Waals surface area contributed by atoms with Gasteiger partial charge in [0.1, 0.15) is 0 Å². The second-order valence-corrected chi connectivity index (χ2v) is 10.4. The number of fused-ring (bicyclic) bond motifs is 5. The van der Waals surface area contributed by atoms with E-state index in [2.05, 4.69) is 33.4 Å². The van der Waals surface area contributed by atoms with Crippen molar-refractivity contribution in [1.29, 1.82) is 0 Å². The highest BCUT2D eigenvalue weighted by Gasteiger charge is 2.64. The number of carbonyl (C=O) groups is 3. The maximum Gasteiger partial charge on any atom is 0.255 e. The molecule has 2 bridgehead atoms. The Morgan fingerprint density at radius 2 is 1.50 bits per heavy atom. The summed E-state index contributed by atoms with van der Waals surface area (Å²) >= 11 is 3.38. The highest BCUT2D eigenvalue weighted by atomic mass is 79.9. The molecule has 6 rings (SSSR count). The zero-order valence-electron chi connectivity index (χ0n) is 18.4. The Bertz CT molecular complexity index is 1270. The molecule has 2 aliphatic carbocycles. The van der Waals surface area contributed by atoms with Crippen molar-refractivity contribution in [2.24, 2.45) is 23.7 Å². The van der Waals surface area contributed by atoms with E-state index in [1.54, 1.807) is 24.3 Å². The molecule has 1 N–H and O–H groups in total. The Hall–Kier alpha value is -3.25. The van der Waals surface area contributed by atoms with E-state index in [0.717, 1.165) is 17.3 Å². The van der Waals surface area contributed by atoms with E-state index in [9.17, 15) is 14.4 Å². The maximum absolute atomic E-state index is 13.5. The number of nitrogens with one attached hydrogen (secondary N) is 1. The maximum atomic E-state index is 13.5. The number of benzene rings is 3. The Kier molecular flexibility index (Phi) is 5.14. The molecule has 3 aliphatic rings. The number of amides is 3. The van der Waals surface area contributed by atoms with Crippen molar-refractivity contribution in [3.8, 4) is 0 Å². The van der Waals surface area contributed by atoms with Crippen molar-refractivity contribution >= 4 is 45.0 Å². The van der Waals surface area contributed by atoms with Crippen LogP contribution in [0.5, 0.6) is 0 Å². The first-order valence-electron chi connectivity index (χ1n) is 11.6. The zero-order chi connectivity index (χ0) is 23.4. The minimum atomic E-state index is -0.242. The lowest BCUT2D eigenvalue weighted by molar-refractivity contribution is -0.123. The molecule has 0 radical (unpaired) electrons. The molecule has 6 heteroatoms. The van der Waals surface area contributed by atoms with Crippen molar-refractivity contribution in [1.82, 2.24) is 0 Å². The molecule has 1 heterocycles. The molecule has 2 saturated carbocycles. The van der Waals surface area contributed by atoms with Crippen LogP contribution in [-0.2, 0) is 9.59 Å². The topological polar surface area (TPSA) is 66.5 Å². The summed E-state index contributed by atoms with van der Waals surface area (Å²) < 4.78 is 0.933. The van der Waals surface area contributed by atoms with Crippen LogP contribution in [0.4, 0.5) is 11.4 Å². The minimum absolute atomic E-state index is 0.0823. The summed E-state index contributed by atoms with van der Waals surface area (Å²) in [5.74, 6) is -0.0410. The van der Waals surface area contributed by atoms with Gasteiger partial charge in [-0.2, -0.15) is 0 Å². The van der Waals surface area contributed by atoms with Crippen LogP contribution < -0.4 is 10.2 Å². The fourth-order valence-corrected chi connectivity index (χ4v) is 6.56. The van der Waals surface area contributed by atoms with Gasteiger partial charge in [0, 0.05) is 15.7 Å². The summed E-state index contributed by atoms with van der Waals surface area (Å²) in [6.45, 7) is 0. The minimum Gasteiger partial charge on any atom is -0.322 e. The van der Waals surface area contributed by atoms with Gasteiger partial charge in [0.05, 0.1) is 17.5 Å². The SMILES string of the molecule is O=C(Nc1ccc(Br)cc1)c1ccc(N2C(=O)[C@@H]3[C@H]4C[C@H]([C@H]3C2=O)[C@@H](c2ccccc2)C4)cc1. The summed E-state index contributed by atoms with van der Waals surface area (Å²) in [7, 11) is 0. The summed E-state index contributed by atoms with van der Waals surface area (Å²) in [5.41, 5.74) is 2.97. The van der Waals surface area contributed by atoms with Crippen LogP contribution >= 0.6 is 15.9 Å². The van der Waals surface area contributed by atoms with Gasteiger partial charge in [-0.1, -0.05) is 46.3 Å². The second kappa shape index (κ2) is 8.20. The van der Waals surface area contributed by atoms with Crippen LogP contribution in [0.25, 0.3) is 0 Å². The number of anilines is 2. The van der Waals surface area contributed by atoms with Crippen LogP contribution in [0.2, 0.25) is 0 Å². The highest BCUT2D eigenvalue weighted by Crippen LogP contribution is 2.61. The largest absolute Gasteiger partial charge is 0.322 e. The van der Waals surface area contributed by atoms with Crippen LogP contribution in [0.15, 0.2) is 83.3 Å². The second-order valence-electron chi connectivity index (χ2n) is 9.48. The summed E-state index contributed by atoms with van der Waals surface area (Å²) in [6.07, 6.45) is 1.92. The first-order valence-corrected chi connectivity index (χ1v) is 12.4. The van der Waals surface area contributed by atoms with E-state index in [-0.39, 0.29) is 41.4 Å². The molecular formula is C28H23BrN2O3. The van der Waals surface area contributed by atoms with Crippen molar-refractivity contribution < 1.29 is 14.4 Å². The van der Waals surface area contributed by atoms with Crippen LogP contribution in [-0.4, -0.2) is 17.7 Å². The van der Waals surface area contributed by atoms with Crippen LogP contribution in [0, 0.1) is 23.7 Å². The molecule has 1 saturated heterocycles. The highest BCUT2D eigenvalue weighted by molar-refractivity contribution is 9.10. The van der Waals surface area contributed by atoms with Crippen molar-refractivity contribution in [2.75, 3.05) is 10.2 Å². The lowest BCUT2D eigenvalue weighted by Crippen LogP contribution is -2.33. The molecule has 34 heavy (non-hydrogen) atoms. The molecule has 3 amide bonds. The Balaban J connectivity index is 1.20. The first kappa shape index (κ1) is 21.3. The average Bonchev–Trinajstić information content (AvgIpc) is 3.52. The molecule has 5 atom stereocenters. The fourth-order valence-electron chi connectivity index (χ4n) is 6.30. The van der Waals surface area contributed by atoms with E-state index in [0.29, 0.717) is 22.9 Å². The van der Waals surface area contributed by atoms with E-state index >= 15 is 0 Å². The summed E-state index contributed by atoms with van der Waals surface area (Å²) in [5, 5.41) is 2.86. The predicted molar refractivity (Wildman–Crippen MR) is 133 cm³/mol. The average molecular weight is 515 g/mol. The number of halogens is 1. The van der Waals surface area contributed by atoms with Gasteiger partial charge in [-0.3, -0.25) is 19.3 Å². The zero-order valence-corrected chi connectivity index (χ0v) is 19.9. The third-order valence-corrected chi connectivity index (χ3v) is 8.26. The first-order chi connectivity index (χ1) is 16.5. The quantitative estimate of drug-likeness (QED) is 0.458. The van der Waals surface area contributed by atoms with Crippen molar-refractivity contribution in [3.63, 3.8) is 0 Å². The molecular weight excluding hydrogens is 492 g/mol. The molecule has 3 aromatic rings. The number of rotatable bonds is 4. The lowest BCUT2D eigenvalue weighted by Gasteiger charge is -2.28. The third-order valence-electron chi connectivity index (χ3n) is 7.73. The Labute approximate surface area is 206 Å². The van der Waals surface area contributed by atoms with E-state index < -0.39 is 0 Å². The van der Waals surface area contributed by atoms with Gasteiger partial charge in [0.15, 0.2) is 0 Å². The molecule has 3 aromatic carbocycles. The number of carbonyl (C=O) groups excluding carboxylic acids is 3. The fraction of sp³-hybridized carbons (Fsp3) is 0.250. The van der Waals surface area contributed by atoms with Crippen molar-refractivity contribution in [3.05, 3.63) is 94.5 Å². The Morgan fingerprint density at radius 3 is 2.21 bits per heavy atom. The van der Waals surface area contributed by atoms with Gasteiger partial charge < -0.3 is 5.32 Å². The standard InChI is InChI=1S/C28H23BrN2O3/c29-19-8-10-20(11-9-19)30-26(32)17-6-12-21(13-7-17)31-27(33)24-18-14-22(16-4-2-1-3-5-16)23(15-18)25(24)28(31)34/h1-13,18,22-25H,14-15H2,(H,30,32)/t18-,22-,23+,24-,25-/m1/s1. The lowest BCUT2D eigenvalue weighted by atomic mass is 9.73. The normalized spacial score (nSPS) is 27.2.